The van der Waals surface area contributed by atoms with Crippen LogP contribution in [0, 0.1) is 5.41 Å². The van der Waals surface area contributed by atoms with Crippen LogP contribution in [0.2, 0.25) is 0 Å². The second-order valence-corrected chi connectivity index (χ2v) is 3.24. The molecule has 0 aliphatic carbocycles. The Balaban J connectivity index is 2.51. The van der Waals surface area contributed by atoms with Gasteiger partial charge >= 0.3 is 0 Å². The molecule has 0 radical (unpaired) electrons. The summed E-state index contributed by atoms with van der Waals surface area (Å²) in [6, 6.07) is 0. The van der Waals surface area contributed by atoms with Crippen LogP contribution >= 0.6 is 0 Å². The lowest BCUT2D eigenvalue weighted by Gasteiger charge is -2.36. The third kappa shape index (κ3) is 2.19. The lowest BCUT2D eigenvalue weighted by Crippen LogP contribution is -2.49. The van der Waals surface area contributed by atoms with Crippen LogP contribution in [0.5, 0.6) is 0 Å². The summed E-state index contributed by atoms with van der Waals surface area (Å²) >= 11 is 0. The van der Waals surface area contributed by atoms with E-state index in [1.54, 1.807) is 6.92 Å². The molecule has 2 atom stereocenters. The molecule has 0 aromatic rings. The highest BCUT2D eigenvalue weighted by Crippen LogP contribution is 2.10. The largest absolute Gasteiger partial charge is 0.394 e. The molecule has 0 aromatic heterocycles. The molecule has 2 unspecified atom stereocenters. The summed E-state index contributed by atoms with van der Waals surface area (Å²) in [6.45, 7) is 5.14. The molecule has 0 spiro atoms. The van der Waals surface area contributed by atoms with Crippen molar-refractivity contribution in [2.75, 3.05) is 19.7 Å². The number of hydrogen-bond donors (Lipinski definition) is 2. The van der Waals surface area contributed by atoms with Gasteiger partial charge in [0.1, 0.15) is 0 Å². The van der Waals surface area contributed by atoms with Crippen LogP contribution in [0.25, 0.3) is 0 Å². The van der Waals surface area contributed by atoms with E-state index in [4.69, 9.17) is 15.3 Å². The Labute approximate surface area is 72.6 Å². The second-order valence-electron chi connectivity index (χ2n) is 3.24. The smallest absolute Gasteiger partial charge is 0.0984 e. The first kappa shape index (κ1) is 9.48. The number of rotatable bonds is 1. The molecule has 12 heavy (non-hydrogen) atoms. The van der Waals surface area contributed by atoms with E-state index in [0.29, 0.717) is 12.4 Å². The van der Waals surface area contributed by atoms with Crippen molar-refractivity contribution in [1.29, 1.82) is 5.41 Å². The first-order chi connectivity index (χ1) is 5.63. The predicted molar refractivity (Wildman–Crippen MR) is 46.4 cm³/mol. The van der Waals surface area contributed by atoms with E-state index in [-0.39, 0.29) is 18.8 Å². The summed E-state index contributed by atoms with van der Waals surface area (Å²) in [4.78, 5) is 1.93. The maximum absolute atomic E-state index is 8.89. The summed E-state index contributed by atoms with van der Waals surface area (Å²) in [5.41, 5.74) is 0. The Morgan fingerprint density at radius 3 is 2.83 bits per heavy atom. The molecule has 1 saturated heterocycles. The minimum absolute atomic E-state index is 0.0358. The normalized spacial score (nSPS) is 30.4. The molecular formula is C8H16N2O2. The molecule has 0 bridgehead atoms. The summed E-state index contributed by atoms with van der Waals surface area (Å²) < 4.78 is 5.43. The zero-order valence-electron chi connectivity index (χ0n) is 7.58. The van der Waals surface area contributed by atoms with Crippen LogP contribution in [0.3, 0.4) is 0 Å². The molecule has 1 aliphatic heterocycles. The van der Waals surface area contributed by atoms with Crippen molar-refractivity contribution in [3.8, 4) is 0 Å². The highest BCUT2D eigenvalue weighted by atomic mass is 16.5. The maximum atomic E-state index is 8.89. The fraction of sp³-hybridized carbons (Fsp3) is 0.875. The monoisotopic (exact) mass is 172 g/mol. The zero-order valence-corrected chi connectivity index (χ0v) is 7.58. The highest BCUT2D eigenvalue weighted by Gasteiger charge is 2.24. The van der Waals surface area contributed by atoms with Crippen molar-refractivity contribution in [3.05, 3.63) is 0 Å². The van der Waals surface area contributed by atoms with E-state index in [2.05, 4.69) is 0 Å². The Morgan fingerprint density at radius 1 is 1.67 bits per heavy atom. The fourth-order valence-corrected chi connectivity index (χ4v) is 1.42. The van der Waals surface area contributed by atoms with Gasteiger partial charge in [-0.15, -0.1) is 0 Å². The van der Waals surface area contributed by atoms with Crippen LogP contribution < -0.4 is 0 Å². The maximum Gasteiger partial charge on any atom is 0.0984 e. The highest BCUT2D eigenvalue weighted by molar-refractivity contribution is 5.76. The number of morpholine rings is 1. The average molecular weight is 172 g/mol. The standard InChI is InChI=1S/C8H16N2O2/c1-6-3-10(7(2)9)4-8(5-11)12-6/h6,8-9,11H,3-5H2,1-2H3. The molecule has 0 saturated carbocycles. The Kier molecular flexibility index (Phi) is 3.05. The molecule has 0 amide bonds. The van der Waals surface area contributed by atoms with Crippen LogP contribution in [0.1, 0.15) is 13.8 Å². The second kappa shape index (κ2) is 3.87. The van der Waals surface area contributed by atoms with Gasteiger partial charge in [-0.2, -0.15) is 0 Å². The van der Waals surface area contributed by atoms with Crippen LogP contribution in [-0.2, 0) is 4.74 Å². The van der Waals surface area contributed by atoms with Gasteiger partial charge in [0, 0.05) is 13.1 Å². The molecule has 4 nitrogen and oxygen atoms in total. The van der Waals surface area contributed by atoms with Crippen molar-refractivity contribution < 1.29 is 9.84 Å². The number of nitrogens with one attached hydrogen (secondary N) is 1. The van der Waals surface area contributed by atoms with Gasteiger partial charge in [-0.1, -0.05) is 0 Å². The minimum Gasteiger partial charge on any atom is -0.394 e. The molecule has 70 valence electrons. The van der Waals surface area contributed by atoms with Gasteiger partial charge in [0.25, 0.3) is 0 Å². The lowest BCUT2D eigenvalue weighted by molar-refractivity contribution is -0.0787. The summed E-state index contributed by atoms with van der Waals surface area (Å²) in [7, 11) is 0. The van der Waals surface area contributed by atoms with Gasteiger partial charge < -0.3 is 14.7 Å². The van der Waals surface area contributed by atoms with Crippen molar-refractivity contribution in [2.45, 2.75) is 26.1 Å². The van der Waals surface area contributed by atoms with E-state index in [0.717, 1.165) is 6.54 Å². The summed E-state index contributed by atoms with van der Waals surface area (Å²) in [5, 5.41) is 16.3. The van der Waals surface area contributed by atoms with Crippen molar-refractivity contribution in [1.82, 2.24) is 4.90 Å². The number of amidine groups is 1. The first-order valence-corrected chi connectivity index (χ1v) is 4.20. The summed E-state index contributed by atoms with van der Waals surface area (Å²) in [5.74, 6) is 0.545. The third-order valence-electron chi connectivity index (χ3n) is 2.00. The van der Waals surface area contributed by atoms with Gasteiger partial charge in [-0.05, 0) is 13.8 Å². The quantitative estimate of drug-likeness (QED) is 0.434. The van der Waals surface area contributed by atoms with E-state index in [1.165, 1.54) is 0 Å². The third-order valence-corrected chi connectivity index (χ3v) is 2.00. The number of nitrogens with zero attached hydrogens (tertiary/aromatic N) is 1. The van der Waals surface area contributed by atoms with E-state index in [1.807, 2.05) is 11.8 Å². The molecule has 1 aliphatic rings. The number of hydrogen-bond acceptors (Lipinski definition) is 3. The molecule has 1 fully saturated rings. The predicted octanol–water partition coefficient (Wildman–Crippen LogP) is 0.0652. The molecule has 0 aromatic carbocycles. The summed E-state index contributed by atoms with van der Waals surface area (Å²) in [6.07, 6.45) is -0.0229. The van der Waals surface area contributed by atoms with Gasteiger partial charge in [0.05, 0.1) is 24.7 Å². The zero-order chi connectivity index (χ0) is 9.14. The molecule has 4 heteroatoms. The van der Waals surface area contributed by atoms with Gasteiger partial charge in [0.15, 0.2) is 0 Å². The number of aliphatic hydroxyl groups is 1. The molecule has 2 N–H and O–H groups in total. The topological polar surface area (TPSA) is 56.6 Å². The first-order valence-electron chi connectivity index (χ1n) is 4.20. The Bertz CT molecular complexity index is 172. The van der Waals surface area contributed by atoms with E-state index in [9.17, 15) is 0 Å². The molecule has 1 heterocycles. The van der Waals surface area contributed by atoms with E-state index >= 15 is 0 Å². The van der Waals surface area contributed by atoms with Crippen LogP contribution in [0.15, 0.2) is 0 Å². The van der Waals surface area contributed by atoms with E-state index < -0.39 is 0 Å². The lowest BCUT2D eigenvalue weighted by atomic mass is 10.2. The van der Waals surface area contributed by atoms with Gasteiger partial charge in [-0.25, -0.2) is 0 Å². The molecular weight excluding hydrogens is 156 g/mol. The van der Waals surface area contributed by atoms with Crippen molar-refractivity contribution >= 4 is 5.84 Å². The van der Waals surface area contributed by atoms with Crippen molar-refractivity contribution in [2.24, 2.45) is 0 Å². The van der Waals surface area contributed by atoms with Crippen LogP contribution in [-0.4, -0.2) is 47.7 Å². The number of aliphatic hydroxyl groups excluding tert-OH is 1. The number of ether oxygens (including phenoxy) is 1. The Morgan fingerprint density at radius 2 is 2.33 bits per heavy atom. The van der Waals surface area contributed by atoms with Gasteiger partial charge in [-0.3, -0.25) is 5.41 Å². The SMILES string of the molecule is CC(=N)N1CC(C)OC(CO)C1. The van der Waals surface area contributed by atoms with Crippen molar-refractivity contribution in [3.63, 3.8) is 0 Å². The van der Waals surface area contributed by atoms with Crippen LogP contribution in [0.4, 0.5) is 0 Å². The minimum atomic E-state index is -0.131. The fourth-order valence-electron chi connectivity index (χ4n) is 1.42. The Hall–Kier alpha value is -0.610. The van der Waals surface area contributed by atoms with Gasteiger partial charge in [0.2, 0.25) is 0 Å². The average Bonchev–Trinajstić information content (AvgIpc) is 2.03. The molecule has 1 rings (SSSR count).